The van der Waals surface area contributed by atoms with Gasteiger partial charge in [-0.05, 0) is 56.5 Å². The molecule has 0 unspecified atom stereocenters. The van der Waals surface area contributed by atoms with Crippen molar-refractivity contribution in [3.05, 3.63) is 29.3 Å². The molecule has 1 aromatic carbocycles. The molecule has 1 heterocycles. The molecule has 2 N–H and O–H groups in total. The van der Waals surface area contributed by atoms with Gasteiger partial charge in [-0.25, -0.2) is 0 Å². The van der Waals surface area contributed by atoms with Crippen molar-refractivity contribution < 1.29 is 18.0 Å². The monoisotopic (exact) mass is 300 g/mol. The van der Waals surface area contributed by atoms with E-state index < -0.39 is 11.7 Å². The Morgan fingerprint density at radius 3 is 2.62 bits per heavy atom. The summed E-state index contributed by atoms with van der Waals surface area (Å²) in [5, 5.41) is 5.82. The Hall–Kier alpha value is -1.56. The van der Waals surface area contributed by atoms with E-state index in [1.54, 1.807) is 6.92 Å². The van der Waals surface area contributed by atoms with E-state index in [4.69, 9.17) is 0 Å². The first-order chi connectivity index (χ1) is 9.86. The van der Waals surface area contributed by atoms with E-state index in [2.05, 4.69) is 10.6 Å². The average Bonchev–Trinajstić information content (AvgIpc) is 2.41. The SMILES string of the molecule is Cc1ccc(C(F)(F)F)cc1NC(=O)CC1CCNCC1. The third kappa shape index (κ3) is 4.46. The molecule has 1 amide bonds. The minimum Gasteiger partial charge on any atom is -0.326 e. The van der Waals surface area contributed by atoms with Crippen molar-refractivity contribution in [2.75, 3.05) is 18.4 Å². The molecule has 0 spiro atoms. The van der Waals surface area contributed by atoms with Gasteiger partial charge in [0.1, 0.15) is 0 Å². The van der Waals surface area contributed by atoms with Crippen LogP contribution in [0.4, 0.5) is 18.9 Å². The first-order valence-electron chi connectivity index (χ1n) is 7.04. The molecule has 1 aromatic rings. The van der Waals surface area contributed by atoms with Crippen LogP contribution >= 0.6 is 0 Å². The summed E-state index contributed by atoms with van der Waals surface area (Å²) in [6.07, 6.45) is -2.19. The molecule has 0 radical (unpaired) electrons. The normalized spacial score (nSPS) is 16.8. The van der Waals surface area contributed by atoms with Gasteiger partial charge in [0.05, 0.1) is 5.56 Å². The largest absolute Gasteiger partial charge is 0.416 e. The van der Waals surface area contributed by atoms with Gasteiger partial charge in [-0.3, -0.25) is 4.79 Å². The van der Waals surface area contributed by atoms with Gasteiger partial charge in [0, 0.05) is 12.1 Å². The van der Waals surface area contributed by atoms with Crippen LogP contribution in [0.3, 0.4) is 0 Å². The van der Waals surface area contributed by atoms with Crippen LogP contribution < -0.4 is 10.6 Å². The number of halogens is 3. The summed E-state index contributed by atoms with van der Waals surface area (Å²) in [5.74, 6) is 0.0849. The molecule has 0 saturated carbocycles. The number of aryl methyl sites for hydroxylation is 1. The van der Waals surface area contributed by atoms with Gasteiger partial charge >= 0.3 is 6.18 Å². The number of anilines is 1. The fourth-order valence-corrected chi connectivity index (χ4v) is 2.48. The number of carbonyl (C=O) groups is 1. The standard InChI is InChI=1S/C15H19F3N2O/c1-10-2-3-12(15(16,17)18)9-13(10)20-14(21)8-11-4-6-19-7-5-11/h2-3,9,11,19H,4-8H2,1H3,(H,20,21). The van der Waals surface area contributed by atoms with Crippen molar-refractivity contribution in [1.29, 1.82) is 0 Å². The van der Waals surface area contributed by atoms with Crippen molar-refractivity contribution in [3.63, 3.8) is 0 Å². The fraction of sp³-hybridized carbons (Fsp3) is 0.533. The second-order valence-electron chi connectivity index (χ2n) is 5.47. The molecule has 2 rings (SSSR count). The Balaban J connectivity index is 2.02. The molecule has 1 aliphatic rings. The third-order valence-corrected chi connectivity index (χ3v) is 3.77. The van der Waals surface area contributed by atoms with Crippen LogP contribution in [0.2, 0.25) is 0 Å². The molecule has 21 heavy (non-hydrogen) atoms. The van der Waals surface area contributed by atoms with Gasteiger partial charge in [-0.1, -0.05) is 6.07 Å². The van der Waals surface area contributed by atoms with Crippen LogP contribution in [0.5, 0.6) is 0 Å². The number of amides is 1. The molecule has 0 aromatic heterocycles. The summed E-state index contributed by atoms with van der Waals surface area (Å²) >= 11 is 0. The highest BCUT2D eigenvalue weighted by molar-refractivity contribution is 5.91. The van der Waals surface area contributed by atoms with Crippen molar-refractivity contribution in [3.8, 4) is 0 Å². The predicted octanol–water partition coefficient (Wildman–Crippen LogP) is 3.34. The molecule has 116 valence electrons. The zero-order valence-electron chi connectivity index (χ0n) is 11.9. The first-order valence-corrected chi connectivity index (χ1v) is 7.04. The number of benzene rings is 1. The van der Waals surface area contributed by atoms with E-state index in [1.807, 2.05) is 0 Å². The van der Waals surface area contributed by atoms with Crippen molar-refractivity contribution >= 4 is 11.6 Å². The number of rotatable bonds is 3. The Bertz CT molecular complexity index is 508. The minimum atomic E-state index is -4.40. The maximum absolute atomic E-state index is 12.7. The molecule has 6 heteroatoms. The van der Waals surface area contributed by atoms with Gasteiger partial charge in [0.25, 0.3) is 0 Å². The number of piperidine rings is 1. The minimum absolute atomic E-state index is 0.218. The topological polar surface area (TPSA) is 41.1 Å². The summed E-state index contributed by atoms with van der Waals surface area (Å²) in [4.78, 5) is 12.0. The van der Waals surface area contributed by atoms with E-state index in [0.29, 0.717) is 17.9 Å². The molecular weight excluding hydrogens is 281 g/mol. The number of carbonyl (C=O) groups excluding carboxylic acids is 1. The Morgan fingerprint density at radius 2 is 2.00 bits per heavy atom. The van der Waals surface area contributed by atoms with Crippen LogP contribution in [0.25, 0.3) is 0 Å². The lowest BCUT2D eigenvalue weighted by molar-refractivity contribution is -0.137. The maximum Gasteiger partial charge on any atom is 0.416 e. The third-order valence-electron chi connectivity index (χ3n) is 3.77. The molecule has 1 fully saturated rings. The summed E-state index contributed by atoms with van der Waals surface area (Å²) in [7, 11) is 0. The highest BCUT2D eigenvalue weighted by Gasteiger charge is 2.31. The number of nitrogens with one attached hydrogen (secondary N) is 2. The molecule has 0 aliphatic carbocycles. The van der Waals surface area contributed by atoms with Crippen molar-refractivity contribution in [1.82, 2.24) is 5.32 Å². The second kappa shape index (κ2) is 6.47. The smallest absolute Gasteiger partial charge is 0.326 e. The Morgan fingerprint density at radius 1 is 1.33 bits per heavy atom. The maximum atomic E-state index is 12.7. The van der Waals surface area contributed by atoms with Gasteiger partial charge in [-0.15, -0.1) is 0 Å². The van der Waals surface area contributed by atoms with E-state index in [0.717, 1.165) is 38.1 Å². The van der Waals surface area contributed by atoms with Gasteiger partial charge in [0.2, 0.25) is 5.91 Å². The van der Waals surface area contributed by atoms with Gasteiger partial charge in [-0.2, -0.15) is 13.2 Å². The number of hydrogen-bond acceptors (Lipinski definition) is 2. The average molecular weight is 300 g/mol. The van der Waals surface area contributed by atoms with E-state index in [-0.39, 0.29) is 11.6 Å². The highest BCUT2D eigenvalue weighted by Crippen LogP contribution is 2.32. The zero-order chi connectivity index (χ0) is 15.5. The van der Waals surface area contributed by atoms with E-state index >= 15 is 0 Å². The van der Waals surface area contributed by atoms with Crippen LogP contribution in [0, 0.1) is 12.8 Å². The van der Waals surface area contributed by atoms with Crippen LogP contribution in [0.15, 0.2) is 18.2 Å². The van der Waals surface area contributed by atoms with Crippen molar-refractivity contribution in [2.45, 2.75) is 32.4 Å². The molecular formula is C15H19F3N2O. The fourth-order valence-electron chi connectivity index (χ4n) is 2.48. The predicted molar refractivity (Wildman–Crippen MR) is 75.0 cm³/mol. The lowest BCUT2D eigenvalue weighted by Crippen LogP contribution is -2.30. The lowest BCUT2D eigenvalue weighted by atomic mass is 9.94. The summed E-state index contributed by atoms with van der Waals surface area (Å²) in [5.41, 5.74) is 0.121. The molecule has 1 saturated heterocycles. The van der Waals surface area contributed by atoms with E-state index in [9.17, 15) is 18.0 Å². The molecule has 1 aliphatic heterocycles. The summed E-state index contributed by atoms with van der Waals surface area (Å²) in [6, 6.07) is 3.40. The second-order valence-corrected chi connectivity index (χ2v) is 5.47. The quantitative estimate of drug-likeness (QED) is 0.899. The Kier molecular flexibility index (Phi) is 4.88. The van der Waals surface area contributed by atoms with E-state index in [1.165, 1.54) is 6.07 Å². The first kappa shape index (κ1) is 15.8. The zero-order valence-corrected chi connectivity index (χ0v) is 11.9. The summed E-state index contributed by atoms with van der Waals surface area (Å²) in [6.45, 7) is 3.46. The van der Waals surface area contributed by atoms with Gasteiger partial charge in [0.15, 0.2) is 0 Å². The van der Waals surface area contributed by atoms with Crippen molar-refractivity contribution in [2.24, 2.45) is 5.92 Å². The number of alkyl halides is 3. The van der Waals surface area contributed by atoms with Crippen LogP contribution in [-0.2, 0) is 11.0 Å². The number of hydrogen-bond donors (Lipinski definition) is 2. The molecule has 3 nitrogen and oxygen atoms in total. The lowest BCUT2D eigenvalue weighted by Gasteiger charge is -2.22. The molecule has 0 bridgehead atoms. The highest BCUT2D eigenvalue weighted by atomic mass is 19.4. The van der Waals surface area contributed by atoms with Crippen LogP contribution in [-0.4, -0.2) is 19.0 Å². The Labute approximate surface area is 121 Å². The molecule has 0 atom stereocenters. The van der Waals surface area contributed by atoms with Crippen LogP contribution in [0.1, 0.15) is 30.4 Å². The van der Waals surface area contributed by atoms with Gasteiger partial charge < -0.3 is 10.6 Å². The summed E-state index contributed by atoms with van der Waals surface area (Å²) < 4.78 is 38.1.